The normalized spacial score (nSPS) is 10.8. The smallest absolute Gasteiger partial charge is 0.339 e. The molecule has 0 saturated carbocycles. The molecule has 2 aromatic carbocycles. The molecule has 0 unspecified atom stereocenters. The molecule has 0 N–H and O–H groups in total. The molecule has 0 radical (unpaired) electrons. The van der Waals surface area contributed by atoms with Crippen LogP contribution in [-0.4, -0.2) is 4.92 Å². The number of rotatable bonds is 3. The standard InChI is InChI=1S/C17H13NO4/c1-11-15(10-18(20)21)14-9-5-8-13(16(14)22-17(11)19)12-6-3-2-4-7-12/h2-9H,10H2,1H3. The highest BCUT2D eigenvalue weighted by molar-refractivity contribution is 5.94. The van der Waals surface area contributed by atoms with E-state index in [2.05, 4.69) is 0 Å². The number of nitrogens with zero attached hydrogens (tertiary/aromatic N) is 1. The first kappa shape index (κ1) is 14.0. The molecule has 0 aliphatic heterocycles. The topological polar surface area (TPSA) is 73.3 Å². The van der Waals surface area contributed by atoms with Gasteiger partial charge in [-0.25, -0.2) is 4.79 Å². The predicted molar refractivity (Wildman–Crippen MR) is 83.4 cm³/mol. The Bertz CT molecular complexity index is 913. The Kier molecular flexibility index (Phi) is 3.47. The van der Waals surface area contributed by atoms with E-state index >= 15 is 0 Å². The first-order valence-corrected chi connectivity index (χ1v) is 6.80. The summed E-state index contributed by atoms with van der Waals surface area (Å²) in [5.74, 6) is 0. The fourth-order valence-corrected chi connectivity index (χ4v) is 2.56. The zero-order valence-corrected chi connectivity index (χ0v) is 11.9. The van der Waals surface area contributed by atoms with Crippen LogP contribution in [0.5, 0.6) is 0 Å². The molecule has 0 fully saturated rings. The predicted octanol–water partition coefficient (Wildman–Crippen LogP) is 3.55. The Morgan fingerprint density at radius 3 is 2.50 bits per heavy atom. The van der Waals surface area contributed by atoms with Crippen molar-refractivity contribution in [2.45, 2.75) is 13.5 Å². The minimum Gasteiger partial charge on any atom is -0.422 e. The Balaban J connectivity index is 2.37. The van der Waals surface area contributed by atoms with E-state index in [1.807, 2.05) is 42.5 Å². The lowest BCUT2D eigenvalue weighted by atomic mass is 9.99. The number of hydrogen-bond acceptors (Lipinski definition) is 4. The minimum absolute atomic E-state index is 0.286. The second kappa shape index (κ2) is 5.44. The van der Waals surface area contributed by atoms with Crippen LogP contribution in [-0.2, 0) is 6.54 Å². The highest BCUT2D eigenvalue weighted by Crippen LogP contribution is 2.30. The van der Waals surface area contributed by atoms with Crippen LogP contribution in [0.25, 0.3) is 22.1 Å². The van der Waals surface area contributed by atoms with Crippen LogP contribution < -0.4 is 5.63 Å². The van der Waals surface area contributed by atoms with Crippen molar-refractivity contribution >= 4 is 11.0 Å². The Hall–Kier alpha value is -2.95. The van der Waals surface area contributed by atoms with Gasteiger partial charge >= 0.3 is 5.63 Å². The first-order valence-electron chi connectivity index (χ1n) is 6.80. The van der Waals surface area contributed by atoms with Gasteiger partial charge in [-0.2, -0.15) is 0 Å². The number of hydrogen-bond donors (Lipinski definition) is 0. The van der Waals surface area contributed by atoms with Crippen LogP contribution in [0, 0.1) is 17.0 Å². The fourth-order valence-electron chi connectivity index (χ4n) is 2.56. The summed E-state index contributed by atoms with van der Waals surface area (Å²) in [7, 11) is 0. The third-order valence-corrected chi connectivity index (χ3v) is 3.67. The molecule has 1 aromatic heterocycles. The molecular weight excluding hydrogens is 282 g/mol. The Morgan fingerprint density at radius 2 is 1.82 bits per heavy atom. The van der Waals surface area contributed by atoms with Crippen molar-refractivity contribution in [2.75, 3.05) is 0 Å². The van der Waals surface area contributed by atoms with Gasteiger partial charge in [-0.15, -0.1) is 0 Å². The molecule has 5 heteroatoms. The average Bonchev–Trinajstić information content (AvgIpc) is 2.52. The summed E-state index contributed by atoms with van der Waals surface area (Å²) < 4.78 is 5.42. The molecule has 0 amide bonds. The lowest BCUT2D eigenvalue weighted by Gasteiger charge is -2.09. The molecule has 110 valence electrons. The van der Waals surface area contributed by atoms with Crippen molar-refractivity contribution in [2.24, 2.45) is 0 Å². The van der Waals surface area contributed by atoms with Gasteiger partial charge in [0.25, 0.3) is 0 Å². The largest absolute Gasteiger partial charge is 0.422 e. The van der Waals surface area contributed by atoms with Gasteiger partial charge in [-0.1, -0.05) is 48.5 Å². The van der Waals surface area contributed by atoms with Crippen LogP contribution >= 0.6 is 0 Å². The maximum atomic E-state index is 12.0. The molecule has 0 atom stereocenters. The van der Waals surface area contributed by atoms with E-state index in [1.165, 1.54) is 0 Å². The second-order valence-electron chi connectivity index (χ2n) is 5.03. The van der Waals surface area contributed by atoms with Gasteiger partial charge in [-0.05, 0) is 12.5 Å². The molecule has 3 rings (SSSR count). The molecular formula is C17H13NO4. The lowest BCUT2D eigenvalue weighted by Crippen LogP contribution is -2.11. The fraction of sp³-hybridized carbons (Fsp3) is 0.118. The number of para-hydroxylation sites is 1. The van der Waals surface area contributed by atoms with Gasteiger partial charge in [0, 0.05) is 27.0 Å². The summed E-state index contributed by atoms with van der Waals surface area (Å²) in [4.78, 5) is 22.5. The van der Waals surface area contributed by atoms with E-state index in [9.17, 15) is 14.9 Å². The van der Waals surface area contributed by atoms with Gasteiger partial charge in [0.1, 0.15) is 5.58 Å². The number of fused-ring (bicyclic) bond motifs is 1. The summed E-state index contributed by atoms with van der Waals surface area (Å²) in [6, 6.07) is 14.9. The molecule has 1 heterocycles. The van der Waals surface area contributed by atoms with Gasteiger partial charge in [-0.3, -0.25) is 10.1 Å². The third kappa shape index (κ3) is 2.37. The zero-order valence-electron chi connectivity index (χ0n) is 11.9. The van der Waals surface area contributed by atoms with Gasteiger partial charge in [0.2, 0.25) is 6.54 Å². The second-order valence-corrected chi connectivity index (χ2v) is 5.03. The molecule has 0 aliphatic carbocycles. The van der Waals surface area contributed by atoms with Crippen LogP contribution in [0.3, 0.4) is 0 Å². The Labute approximate surface area is 126 Å². The zero-order chi connectivity index (χ0) is 15.7. The Morgan fingerprint density at radius 1 is 1.09 bits per heavy atom. The van der Waals surface area contributed by atoms with E-state index in [0.717, 1.165) is 11.1 Å². The molecule has 0 bridgehead atoms. The van der Waals surface area contributed by atoms with Crippen LogP contribution in [0.4, 0.5) is 0 Å². The van der Waals surface area contributed by atoms with E-state index in [1.54, 1.807) is 13.0 Å². The summed E-state index contributed by atoms with van der Waals surface area (Å²) in [5, 5.41) is 11.5. The van der Waals surface area contributed by atoms with Gasteiger partial charge in [0.05, 0.1) is 0 Å². The average molecular weight is 295 g/mol. The van der Waals surface area contributed by atoms with Crippen molar-refractivity contribution in [3.63, 3.8) is 0 Å². The summed E-state index contributed by atoms with van der Waals surface area (Å²) in [6.07, 6.45) is 0. The highest BCUT2D eigenvalue weighted by Gasteiger charge is 2.17. The molecule has 22 heavy (non-hydrogen) atoms. The highest BCUT2D eigenvalue weighted by atomic mass is 16.6. The summed E-state index contributed by atoms with van der Waals surface area (Å²) in [5.41, 5.74) is 2.20. The van der Waals surface area contributed by atoms with E-state index < -0.39 is 17.1 Å². The maximum Gasteiger partial charge on any atom is 0.339 e. The molecule has 0 saturated heterocycles. The number of benzene rings is 2. The monoisotopic (exact) mass is 295 g/mol. The van der Waals surface area contributed by atoms with Crippen LogP contribution in [0.15, 0.2) is 57.7 Å². The van der Waals surface area contributed by atoms with Crippen molar-refractivity contribution in [1.82, 2.24) is 0 Å². The molecule has 5 nitrogen and oxygen atoms in total. The van der Waals surface area contributed by atoms with Crippen LogP contribution in [0.2, 0.25) is 0 Å². The minimum atomic E-state index is -0.535. The summed E-state index contributed by atoms with van der Waals surface area (Å²) >= 11 is 0. The molecule has 0 spiro atoms. The molecule has 0 aliphatic rings. The van der Waals surface area contributed by atoms with Gasteiger partial charge < -0.3 is 4.42 Å². The number of nitro groups is 1. The lowest BCUT2D eigenvalue weighted by molar-refractivity contribution is -0.496. The van der Waals surface area contributed by atoms with Crippen LogP contribution in [0.1, 0.15) is 11.1 Å². The van der Waals surface area contributed by atoms with Crippen molar-refractivity contribution in [3.05, 3.63) is 80.2 Å². The quantitative estimate of drug-likeness (QED) is 0.421. The van der Waals surface area contributed by atoms with Crippen molar-refractivity contribution in [3.8, 4) is 11.1 Å². The third-order valence-electron chi connectivity index (χ3n) is 3.67. The maximum absolute atomic E-state index is 12.0. The van der Waals surface area contributed by atoms with Crippen molar-refractivity contribution in [1.29, 1.82) is 0 Å². The van der Waals surface area contributed by atoms with Gasteiger partial charge in [0.15, 0.2) is 0 Å². The van der Waals surface area contributed by atoms with E-state index in [0.29, 0.717) is 16.5 Å². The summed E-state index contributed by atoms with van der Waals surface area (Å²) in [6.45, 7) is 1.16. The van der Waals surface area contributed by atoms with E-state index in [4.69, 9.17) is 4.42 Å². The van der Waals surface area contributed by atoms with Crippen molar-refractivity contribution < 1.29 is 9.34 Å². The molecule has 3 aromatic rings. The first-order chi connectivity index (χ1) is 10.6. The SMILES string of the molecule is Cc1c(C[N+](=O)[O-])c2cccc(-c3ccccc3)c2oc1=O. The van der Waals surface area contributed by atoms with E-state index in [-0.39, 0.29) is 5.56 Å².